The van der Waals surface area contributed by atoms with Crippen molar-refractivity contribution in [2.75, 3.05) is 0 Å². The summed E-state index contributed by atoms with van der Waals surface area (Å²) in [5.74, 6) is 0. The van der Waals surface area contributed by atoms with Crippen LogP contribution >= 0.6 is 0 Å². The zero-order valence-corrected chi connectivity index (χ0v) is 10.5. The molecule has 0 bridgehead atoms. The number of fused-ring (bicyclic) bond motifs is 1. The summed E-state index contributed by atoms with van der Waals surface area (Å²) in [7, 11) is 0. The number of rotatable bonds is 2. The second kappa shape index (κ2) is 5.09. The van der Waals surface area contributed by atoms with Crippen LogP contribution in [0, 0.1) is 13.8 Å². The predicted octanol–water partition coefficient (Wildman–Crippen LogP) is 3.12. The minimum absolute atomic E-state index is 0.464. The summed E-state index contributed by atoms with van der Waals surface area (Å²) in [4.78, 5) is 28.6. The second-order valence-corrected chi connectivity index (χ2v) is 4.52. The van der Waals surface area contributed by atoms with Crippen LogP contribution in [-0.2, 0) is 22.4 Å². The molecule has 0 spiro atoms. The molecule has 0 atom stereocenters. The van der Waals surface area contributed by atoms with E-state index in [0.717, 1.165) is 42.4 Å². The third-order valence-electron chi connectivity index (χ3n) is 3.66. The lowest BCUT2D eigenvalue weighted by Gasteiger charge is -2.22. The van der Waals surface area contributed by atoms with Gasteiger partial charge in [-0.15, -0.1) is 0 Å². The lowest BCUT2D eigenvalue weighted by atomic mass is 9.84. The molecule has 0 fully saturated rings. The Morgan fingerprint density at radius 3 is 2.00 bits per heavy atom. The fourth-order valence-corrected chi connectivity index (χ4v) is 2.65. The molecule has 0 aliphatic heterocycles. The highest BCUT2D eigenvalue weighted by Gasteiger charge is 2.21. The Balaban J connectivity index is 2.85. The number of aliphatic imine (C=N–C) groups is 2. The Labute approximate surface area is 105 Å². The first kappa shape index (κ1) is 12.4. The Hall–Kier alpha value is -2.02. The lowest BCUT2D eigenvalue weighted by molar-refractivity contribution is 0.564. The third-order valence-corrected chi connectivity index (χ3v) is 3.66. The second-order valence-electron chi connectivity index (χ2n) is 4.52. The van der Waals surface area contributed by atoms with Gasteiger partial charge in [-0.2, -0.15) is 9.98 Å². The van der Waals surface area contributed by atoms with Gasteiger partial charge in [0.15, 0.2) is 0 Å². The van der Waals surface area contributed by atoms with Crippen molar-refractivity contribution in [3.8, 4) is 0 Å². The molecule has 1 aliphatic rings. The minimum Gasteiger partial charge on any atom is -0.211 e. The van der Waals surface area contributed by atoms with Gasteiger partial charge < -0.3 is 0 Å². The van der Waals surface area contributed by atoms with Gasteiger partial charge in [-0.3, -0.25) is 0 Å². The smallest absolute Gasteiger partial charge is 0.211 e. The summed E-state index contributed by atoms with van der Waals surface area (Å²) in [5, 5.41) is 0. The van der Waals surface area contributed by atoms with E-state index in [2.05, 4.69) is 9.98 Å². The van der Waals surface area contributed by atoms with Gasteiger partial charge in [0, 0.05) is 0 Å². The highest BCUT2D eigenvalue weighted by atomic mass is 16.1. The van der Waals surface area contributed by atoms with E-state index in [9.17, 15) is 9.59 Å². The molecular formula is C14H14N2O2. The van der Waals surface area contributed by atoms with Gasteiger partial charge in [0.25, 0.3) is 0 Å². The summed E-state index contributed by atoms with van der Waals surface area (Å²) >= 11 is 0. The van der Waals surface area contributed by atoms with Gasteiger partial charge in [0.1, 0.15) is 11.4 Å². The largest absolute Gasteiger partial charge is 0.240 e. The van der Waals surface area contributed by atoms with Gasteiger partial charge in [-0.05, 0) is 61.8 Å². The maximum Gasteiger partial charge on any atom is 0.240 e. The molecule has 2 rings (SSSR count). The summed E-state index contributed by atoms with van der Waals surface area (Å²) < 4.78 is 0. The number of hydrogen-bond donors (Lipinski definition) is 0. The van der Waals surface area contributed by atoms with Gasteiger partial charge in [-0.25, -0.2) is 9.59 Å². The monoisotopic (exact) mass is 242 g/mol. The highest BCUT2D eigenvalue weighted by Crippen LogP contribution is 2.42. The summed E-state index contributed by atoms with van der Waals surface area (Å²) in [5.41, 5.74) is 5.30. The van der Waals surface area contributed by atoms with E-state index in [4.69, 9.17) is 0 Å². The quantitative estimate of drug-likeness (QED) is 0.591. The molecule has 0 heterocycles. The molecule has 4 heteroatoms. The number of hydrogen-bond acceptors (Lipinski definition) is 4. The van der Waals surface area contributed by atoms with Crippen molar-refractivity contribution < 1.29 is 9.59 Å². The van der Waals surface area contributed by atoms with E-state index >= 15 is 0 Å². The third kappa shape index (κ3) is 1.92. The number of nitrogens with zero attached hydrogens (tertiary/aromatic N) is 2. The van der Waals surface area contributed by atoms with Crippen LogP contribution in [-0.4, -0.2) is 12.2 Å². The van der Waals surface area contributed by atoms with Crippen LogP contribution in [0.2, 0.25) is 0 Å². The van der Waals surface area contributed by atoms with Crippen LogP contribution in [0.15, 0.2) is 9.98 Å². The van der Waals surface area contributed by atoms with E-state index < -0.39 is 0 Å². The molecule has 1 aromatic carbocycles. The van der Waals surface area contributed by atoms with Crippen molar-refractivity contribution in [3.05, 3.63) is 22.3 Å². The van der Waals surface area contributed by atoms with E-state index in [1.54, 1.807) is 12.2 Å². The van der Waals surface area contributed by atoms with E-state index in [-0.39, 0.29) is 0 Å². The Kier molecular flexibility index (Phi) is 3.52. The van der Waals surface area contributed by atoms with E-state index in [0.29, 0.717) is 11.4 Å². The lowest BCUT2D eigenvalue weighted by Crippen LogP contribution is -2.07. The maximum absolute atomic E-state index is 10.6. The zero-order chi connectivity index (χ0) is 13.1. The maximum atomic E-state index is 10.6. The number of benzene rings is 1. The van der Waals surface area contributed by atoms with Crippen molar-refractivity contribution in [2.45, 2.75) is 39.5 Å². The summed E-state index contributed by atoms with van der Waals surface area (Å²) in [6, 6.07) is 0. The molecule has 18 heavy (non-hydrogen) atoms. The Bertz CT molecular complexity index is 593. The first-order chi connectivity index (χ1) is 8.70. The van der Waals surface area contributed by atoms with Gasteiger partial charge in [0.05, 0.1) is 0 Å². The zero-order valence-electron chi connectivity index (χ0n) is 10.5. The molecule has 0 radical (unpaired) electrons. The van der Waals surface area contributed by atoms with Gasteiger partial charge >= 0.3 is 0 Å². The molecule has 0 unspecified atom stereocenters. The standard InChI is InChI=1S/C14H14N2O2/c1-9-10(2)13(15-7-17)14(16-8-18)12-6-4-3-5-11(9)12/h3-6H2,1-2H3. The first-order valence-electron chi connectivity index (χ1n) is 6.01. The Morgan fingerprint density at radius 2 is 1.39 bits per heavy atom. The SMILES string of the molecule is Cc1c(C)c(N=C=O)c(N=C=O)c2c1CCCC2. The fraction of sp³-hybridized carbons (Fsp3) is 0.429. The topological polar surface area (TPSA) is 58.9 Å². The van der Waals surface area contributed by atoms with Crippen LogP contribution in [0.25, 0.3) is 0 Å². The molecule has 1 aromatic rings. The molecule has 0 N–H and O–H groups in total. The summed E-state index contributed by atoms with van der Waals surface area (Å²) in [6.45, 7) is 3.92. The molecule has 1 aliphatic carbocycles. The normalized spacial score (nSPS) is 13.2. The average molecular weight is 242 g/mol. The predicted molar refractivity (Wildman–Crippen MR) is 68.1 cm³/mol. The van der Waals surface area contributed by atoms with Crippen molar-refractivity contribution in [2.24, 2.45) is 9.98 Å². The summed E-state index contributed by atoms with van der Waals surface area (Å²) in [6.07, 6.45) is 7.19. The molecule has 92 valence electrons. The van der Waals surface area contributed by atoms with Gasteiger partial charge in [0.2, 0.25) is 12.2 Å². The van der Waals surface area contributed by atoms with E-state index in [1.807, 2.05) is 13.8 Å². The van der Waals surface area contributed by atoms with Crippen LogP contribution < -0.4 is 0 Å². The first-order valence-corrected chi connectivity index (χ1v) is 6.01. The van der Waals surface area contributed by atoms with Crippen molar-refractivity contribution in [1.29, 1.82) is 0 Å². The van der Waals surface area contributed by atoms with Crippen molar-refractivity contribution in [3.63, 3.8) is 0 Å². The number of isocyanates is 2. The molecule has 4 nitrogen and oxygen atoms in total. The fourth-order valence-electron chi connectivity index (χ4n) is 2.65. The molecule has 0 aromatic heterocycles. The van der Waals surface area contributed by atoms with Gasteiger partial charge in [-0.1, -0.05) is 0 Å². The van der Waals surface area contributed by atoms with Crippen molar-refractivity contribution >= 4 is 23.5 Å². The van der Waals surface area contributed by atoms with Crippen molar-refractivity contribution in [1.82, 2.24) is 0 Å². The van der Waals surface area contributed by atoms with E-state index in [1.165, 1.54) is 5.56 Å². The molecule has 0 saturated carbocycles. The Morgan fingerprint density at radius 1 is 0.833 bits per heavy atom. The van der Waals surface area contributed by atoms with Crippen LogP contribution in [0.5, 0.6) is 0 Å². The molecular weight excluding hydrogens is 228 g/mol. The van der Waals surface area contributed by atoms with Crippen LogP contribution in [0.4, 0.5) is 11.4 Å². The number of carbonyl (C=O) groups excluding carboxylic acids is 2. The highest BCUT2D eigenvalue weighted by molar-refractivity contribution is 5.78. The van der Waals surface area contributed by atoms with Crippen LogP contribution in [0.3, 0.4) is 0 Å². The molecule has 0 amide bonds. The minimum atomic E-state index is 0.464. The average Bonchev–Trinajstić information content (AvgIpc) is 2.40. The molecule has 0 saturated heterocycles. The van der Waals surface area contributed by atoms with Crippen LogP contribution in [0.1, 0.15) is 35.1 Å².